The molecule has 0 fully saturated rings. The van der Waals surface area contributed by atoms with Crippen LogP contribution < -0.4 is 5.32 Å². The lowest BCUT2D eigenvalue weighted by molar-refractivity contribution is -0.148. The first-order valence-electron chi connectivity index (χ1n) is 7.45. The van der Waals surface area contributed by atoms with Gasteiger partial charge in [-0.3, -0.25) is 9.59 Å². The second-order valence-corrected chi connectivity index (χ2v) is 7.75. The number of hydrogen-bond donors (Lipinski definition) is 1. The molecule has 0 saturated heterocycles. The molecule has 1 aromatic carbocycles. The first kappa shape index (κ1) is 19.2. The van der Waals surface area contributed by atoms with Crippen LogP contribution in [-0.2, 0) is 24.2 Å². The zero-order valence-electron chi connectivity index (χ0n) is 13.6. The van der Waals surface area contributed by atoms with Crippen molar-refractivity contribution in [1.29, 1.82) is 0 Å². The fourth-order valence-electron chi connectivity index (χ4n) is 1.64. The summed E-state index contributed by atoms with van der Waals surface area (Å²) < 4.78 is 28.8. The summed E-state index contributed by atoms with van der Waals surface area (Å²) in [6.07, 6.45) is -0.287. The Morgan fingerprint density at radius 3 is 2.30 bits per heavy atom. The van der Waals surface area contributed by atoms with Crippen LogP contribution >= 0.6 is 0 Å². The van der Waals surface area contributed by atoms with Crippen LogP contribution in [0.3, 0.4) is 0 Å². The quantitative estimate of drug-likeness (QED) is 0.725. The van der Waals surface area contributed by atoms with E-state index in [0.29, 0.717) is 0 Å². The first-order valence-corrected chi connectivity index (χ1v) is 9.10. The monoisotopic (exact) mass is 341 g/mol. The summed E-state index contributed by atoms with van der Waals surface area (Å²) in [5.41, 5.74) is 0. The van der Waals surface area contributed by atoms with E-state index in [1.54, 1.807) is 18.2 Å². The van der Waals surface area contributed by atoms with Gasteiger partial charge in [-0.2, -0.15) is 0 Å². The van der Waals surface area contributed by atoms with Crippen molar-refractivity contribution in [3.8, 4) is 0 Å². The highest BCUT2D eigenvalue weighted by Gasteiger charge is 2.18. The van der Waals surface area contributed by atoms with E-state index in [1.165, 1.54) is 12.1 Å². The van der Waals surface area contributed by atoms with Gasteiger partial charge in [0, 0.05) is 6.04 Å². The third-order valence-electron chi connectivity index (χ3n) is 3.43. The molecule has 1 aromatic rings. The maximum atomic E-state index is 12.0. The molecule has 0 aliphatic rings. The lowest BCUT2D eigenvalue weighted by Gasteiger charge is -2.17. The summed E-state index contributed by atoms with van der Waals surface area (Å²) in [4.78, 5) is 23.3. The highest BCUT2D eigenvalue weighted by Crippen LogP contribution is 2.11. The zero-order valence-corrected chi connectivity index (χ0v) is 14.4. The molecule has 1 unspecified atom stereocenters. The van der Waals surface area contributed by atoms with Crippen LogP contribution in [0.2, 0.25) is 0 Å². The lowest BCUT2D eigenvalue weighted by Crippen LogP contribution is -2.38. The van der Waals surface area contributed by atoms with E-state index in [0.717, 1.165) is 0 Å². The lowest BCUT2D eigenvalue weighted by atomic mass is 10.1. The van der Waals surface area contributed by atoms with Crippen molar-refractivity contribution >= 4 is 21.7 Å². The van der Waals surface area contributed by atoms with Gasteiger partial charge in [-0.05, 0) is 25.0 Å². The smallest absolute Gasteiger partial charge is 0.307 e. The third-order valence-corrected chi connectivity index (χ3v) is 5.16. The fraction of sp³-hybridized carbons (Fsp3) is 0.500. The Hall–Kier alpha value is -1.89. The molecule has 0 aliphatic heterocycles. The second kappa shape index (κ2) is 8.67. The molecule has 1 N–H and O–H groups in total. The van der Waals surface area contributed by atoms with Crippen molar-refractivity contribution in [1.82, 2.24) is 5.32 Å². The molecular weight excluding hydrogens is 318 g/mol. The van der Waals surface area contributed by atoms with E-state index < -0.39 is 28.3 Å². The normalized spacial score (nSPS) is 12.7. The number of amides is 1. The van der Waals surface area contributed by atoms with Crippen molar-refractivity contribution in [3.05, 3.63) is 30.3 Å². The number of nitrogens with one attached hydrogen (secondary N) is 1. The molecule has 128 valence electrons. The highest BCUT2D eigenvalue weighted by atomic mass is 32.2. The van der Waals surface area contributed by atoms with Gasteiger partial charge in [0.15, 0.2) is 16.4 Å². The molecule has 1 rings (SSSR count). The van der Waals surface area contributed by atoms with Crippen LogP contribution in [0.1, 0.15) is 27.2 Å². The molecule has 0 heterocycles. The number of rotatable bonds is 8. The Bertz CT molecular complexity index is 625. The van der Waals surface area contributed by atoms with Crippen LogP contribution in [0.25, 0.3) is 0 Å². The van der Waals surface area contributed by atoms with E-state index in [9.17, 15) is 18.0 Å². The number of hydrogen-bond acceptors (Lipinski definition) is 5. The van der Waals surface area contributed by atoms with Crippen LogP contribution in [0.15, 0.2) is 35.2 Å². The summed E-state index contributed by atoms with van der Waals surface area (Å²) in [6, 6.07) is 7.86. The second-order valence-electron chi connectivity index (χ2n) is 5.64. The molecule has 23 heavy (non-hydrogen) atoms. The van der Waals surface area contributed by atoms with Gasteiger partial charge in [0.05, 0.1) is 17.1 Å². The van der Waals surface area contributed by atoms with Crippen LogP contribution in [0, 0.1) is 5.92 Å². The van der Waals surface area contributed by atoms with Crippen LogP contribution in [0.5, 0.6) is 0 Å². The van der Waals surface area contributed by atoms with Gasteiger partial charge in [0.2, 0.25) is 0 Å². The van der Waals surface area contributed by atoms with E-state index in [1.807, 2.05) is 20.8 Å². The Morgan fingerprint density at radius 1 is 1.13 bits per heavy atom. The minimum absolute atomic E-state index is 0.0281. The SMILES string of the molecule is CC(C)C(C)NC(=O)COC(=O)CCS(=O)(=O)c1ccccc1. The molecule has 1 atom stereocenters. The molecule has 0 saturated carbocycles. The van der Waals surface area contributed by atoms with Crippen molar-refractivity contribution in [2.24, 2.45) is 5.92 Å². The van der Waals surface area contributed by atoms with E-state index in [4.69, 9.17) is 4.74 Å². The maximum Gasteiger partial charge on any atom is 0.307 e. The number of carbonyl (C=O) groups is 2. The minimum Gasteiger partial charge on any atom is -0.456 e. The van der Waals surface area contributed by atoms with Gasteiger partial charge < -0.3 is 10.1 Å². The Labute approximate surface area is 137 Å². The third kappa shape index (κ3) is 6.81. The average molecular weight is 341 g/mol. The molecular formula is C16H23NO5S. The van der Waals surface area contributed by atoms with Crippen molar-refractivity contribution < 1.29 is 22.7 Å². The van der Waals surface area contributed by atoms with E-state index in [-0.39, 0.29) is 29.0 Å². The summed E-state index contributed by atoms with van der Waals surface area (Å²) in [5.74, 6) is -1.19. The number of ether oxygens (including phenoxy) is 1. The summed E-state index contributed by atoms with van der Waals surface area (Å²) in [7, 11) is -3.53. The molecule has 0 bridgehead atoms. The summed E-state index contributed by atoms with van der Waals surface area (Å²) >= 11 is 0. The van der Waals surface area contributed by atoms with Gasteiger partial charge in [-0.15, -0.1) is 0 Å². The van der Waals surface area contributed by atoms with Crippen molar-refractivity contribution in [2.45, 2.75) is 38.1 Å². The van der Waals surface area contributed by atoms with Crippen LogP contribution in [-0.4, -0.2) is 38.7 Å². The highest BCUT2D eigenvalue weighted by molar-refractivity contribution is 7.91. The summed E-state index contributed by atoms with van der Waals surface area (Å²) in [6.45, 7) is 5.38. The summed E-state index contributed by atoms with van der Waals surface area (Å²) in [5, 5.41) is 2.70. The molecule has 1 amide bonds. The molecule has 0 radical (unpaired) electrons. The van der Waals surface area contributed by atoms with Gasteiger partial charge in [-0.1, -0.05) is 32.0 Å². The Kier molecular flexibility index (Phi) is 7.22. The Balaban J connectivity index is 2.39. The van der Waals surface area contributed by atoms with Gasteiger partial charge in [0.1, 0.15) is 0 Å². The van der Waals surface area contributed by atoms with Crippen LogP contribution in [0.4, 0.5) is 0 Å². The molecule has 7 heteroatoms. The minimum atomic E-state index is -3.53. The average Bonchev–Trinajstić information content (AvgIpc) is 2.51. The van der Waals surface area contributed by atoms with E-state index in [2.05, 4.69) is 5.32 Å². The predicted molar refractivity (Wildman–Crippen MR) is 86.5 cm³/mol. The maximum absolute atomic E-state index is 12.0. The number of sulfone groups is 1. The number of esters is 1. The Morgan fingerprint density at radius 2 is 1.74 bits per heavy atom. The molecule has 0 aromatic heterocycles. The zero-order chi connectivity index (χ0) is 17.5. The van der Waals surface area contributed by atoms with E-state index >= 15 is 0 Å². The van der Waals surface area contributed by atoms with Crippen molar-refractivity contribution in [2.75, 3.05) is 12.4 Å². The van der Waals surface area contributed by atoms with Gasteiger partial charge in [-0.25, -0.2) is 8.42 Å². The largest absolute Gasteiger partial charge is 0.456 e. The predicted octanol–water partition coefficient (Wildman–Crippen LogP) is 1.55. The first-order chi connectivity index (χ1) is 10.7. The standard InChI is InChI=1S/C16H23NO5S/c1-12(2)13(3)17-15(18)11-22-16(19)9-10-23(20,21)14-7-5-4-6-8-14/h4-8,12-13H,9-11H2,1-3H3,(H,17,18). The number of carbonyl (C=O) groups excluding carboxylic acids is 2. The van der Waals surface area contributed by atoms with Crippen molar-refractivity contribution in [3.63, 3.8) is 0 Å². The molecule has 6 nitrogen and oxygen atoms in total. The topological polar surface area (TPSA) is 89.5 Å². The fourth-order valence-corrected chi connectivity index (χ4v) is 2.89. The molecule has 0 aliphatic carbocycles. The van der Waals surface area contributed by atoms with Gasteiger partial charge in [0.25, 0.3) is 5.91 Å². The van der Waals surface area contributed by atoms with Gasteiger partial charge >= 0.3 is 5.97 Å². The number of benzene rings is 1. The molecule has 0 spiro atoms.